The van der Waals surface area contributed by atoms with E-state index in [2.05, 4.69) is 20.3 Å². The first kappa shape index (κ1) is 17.2. The molecule has 24 heavy (non-hydrogen) atoms. The number of rotatable bonds is 5. The van der Waals surface area contributed by atoms with Crippen molar-refractivity contribution in [3.05, 3.63) is 46.4 Å². The van der Waals surface area contributed by atoms with Gasteiger partial charge >= 0.3 is 12.1 Å². The molecule has 2 rings (SSSR count). The van der Waals surface area contributed by atoms with Crippen molar-refractivity contribution in [1.82, 2.24) is 10.2 Å². The summed E-state index contributed by atoms with van der Waals surface area (Å²) >= 11 is 0. The van der Waals surface area contributed by atoms with E-state index in [1.54, 1.807) is 24.3 Å². The highest BCUT2D eigenvalue weighted by atomic mass is 16.5. The number of H-pyrrole nitrogens is 1. The number of carbonyl (C=O) groups is 2. The Hall–Kier alpha value is -3.20. The van der Waals surface area contributed by atoms with Crippen molar-refractivity contribution in [3.8, 4) is 11.1 Å². The van der Waals surface area contributed by atoms with E-state index in [9.17, 15) is 14.4 Å². The van der Waals surface area contributed by atoms with Gasteiger partial charge in [-0.05, 0) is 23.8 Å². The Kier molecular flexibility index (Phi) is 5.27. The van der Waals surface area contributed by atoms with Gasteiger partial charge in [-0.1, -0.05) is 12.1 Å². The van der Waals surface area contributed by atoms with Gasteiger partial charge in [-0.2, -0.15) is 5.10 Å². The first-order valence-electron chi connectivity index (χ1n) is 6.93. The normalized spacial score (nSPS) is 11.6. The molecule has 0 radical (unpaired) electrons. The van der Waals surface area contributed by atoms with E-state index < -0.39 is 23.7 Å². The Balaban J connectivity index is 2.29. The number of nitrogens with two attached hydrogens (primary N) is 1. The van der Waals surface area contributed by atoms with E-state index in [-0.39, 0.29) is 12.1 Å². The quantitative estimate of drug-likeness (QED) is 0.640. The Bertz CT molecular complexity index is 800. The molecule has 0 aliphatic heterocycles. The van der Waals surface area contributed by atoms with E-state index in [4.69, 9.17) is 10.8 Å². The number of aromatic nitrogens is 2. The van der Waals surface area contributed by atoms with E-state index in [0.717, 1.165) is 0 Å². The molecule has 0 aliphatic carbocycles. The monoisotopic (exact) mass is 332 g/mol. The summed E-state index contributed by atoms with van der Waals surface area (Å²) in [6.45, 7) is 0. The fraction of sp³-hybridized carbons (Fsp3) is 0.200. The smallest absolute Gasteiger partial charge is 0.411 e. The number of aliphatic carboxylic acids is 1. The van der Waals surface area contributed by atoms with E-state index in [1.165, 1.54) is 13.2 Å². The first-order chi connectivity index (χ1) is 11.4. The van der Waals surface area contributed by atoms with Crippen LogP contribution in [0.5, 0.6) is 0 Å². The van der Waals surface area contributed by atoms with Crippen LogP contribution in [-0.4, -0.2) is 34.5 Å². The minimum absolute atomic E-state index is 0.267. The Morgan fingerprint density at radius 2 is 2.04 bits per heavy atom. The van der Waals surface area contributed by atoms with E-state index in [1.807, 2.05) is 0 Å². The number of hydrogen-bond acceptors (Lipinski definition) is 6. The summed E-state index contributed by atoms with van der Waals surface area (Å²) in [6, 6.07) is 7.07. The van der Waals surface area contributed by atoms with Crippen LogP contribution in [-0.2, 0) is 9.53 Å². The lowest BCUT2D eigenvalue weighted by molar-refractivity contribution is -0.137. The molecule has 9 nitrogen and oxygen atoms in total. The van der Waals surface area contributed by atoms with Crippen LogP contribution in [0.3, 0.4) is 0 Å². The molecule has 0 spiro atoms. The second-order valence-corrected chi connectivity index (χ2v) is 4.93. The summed E-state index contributed by atoms with van der Waals surface area (Å²) in [5, 5.41) is 17.4. The van der Waals surface area contributed by atoms with Gasteiger partial charge in [0, 0.05) is 5.69 Å². The number of methoxy groups -OCH3 is 1. The van der Waals surface area contributed by atoms with Gasteiger partial charge in [0.25, 0.3) is 5.56 Å². The lowest BCUT2D eigenvalue weighted by atomic mass is 10.0. The maximum absolute atomic E-state index is 12.0. The lowest BCUT2D eigenvalue weighted by Gasteiger charge is -2.10. The summed E-state index contributed by atoms with van der Waals surface area (Å²) in [5.74, 6) is -1.06. The zero-order valence-corrected chi connectivity index (χ0v) is 12.8. The van der Waals surface area contributed by atoms with Gasteiger partial charge in [0.05, 0.1) is 30.8 Å². The Morgan fingerprint density at radius 3 is 2.62 bits per heavy atom. The van der Waals surface area contributed by atoms with Crippen molar-refractivity contribution < 1.29 is 19.4 Å². The molecule has 1 amide bonds. The molecule has 0 unspecified atom stereocenters. The third-order valence-electron chi connectivity index (χ3n) is 3.23. The second-order valence-electron chi connectivity index (χ2n) is 4.93. The maximum Gasteiger partial charge on any atom is 0.411 e. The number of nitrogens with zero attached hydrogens (tertiary/aromatic N) is 1. The molecule has 9 heteroatoms. The number of aromatic amines is 1. The molecule has 2 aromatic rings. The van der Waals surface area contributed by atoms with Gasteiger partial charge in [0.2, 0.25) is 0 Å². The summed E-state index contributed by atoms with van der Waals surface area (Å²) < 4.78 is 4.49. The molecular weight excluding hydrogens is 316 g/mol. The Labute approximate surface area is 136 Å². The van der Waals surface area contributed by atoms with Gasteiger partial charge in [-0.15, -0.1) is 0 Å². The van der Waals surface area contributed by atoms with Crippen LogP contribution in [0.15, 0.2) is 35.1 Å². The zero-order chi connectivity index (χ0) is 17.7. The van der Waals surface area contributed by atoms with Crippen LogP contribution in [0, 0.1) is 0 Å². The van der Waals surface area contributed by atoms with Gasteiger partial charge in [-0.3, -0.25) is 14.9 Å². The van der Waals surface area contributed by atoms with Gasteiger partial charge in [0.1, 0.15) is 0 Å². The fourth-order valence-corrected chi connectivity index (χ4v) is 2.02. The average Bonchev–Trinajstić information content (AvgIpc) is 2.55. The average molecular weight is 332 g/mol. The number of hydrogen-bond donors (Lipinski definition) is 4. The molecule has 0 saturated heterocycles. The molecule has 1 heterocycles. The molecule has 0 saturated carbocycles. The van der Waals surface area contributed by atoms with Crippen LogP contribution in [0.2, 0.25) is 0 Å². The fourth-order valence-electron chi connectivity index (χ4n) is 2.02. The molecule has 5 N–H and O–H groups in total. The molecule has 126 valence electrons. The summed E-state index contributed by atoms with van der Waals surface area (Å²) in [4.78, 5) is 33.8. The number of nitrogens with one attached hydrogen (secondary N) is 2. The second kappa shape index (κ2) is 7.38. The highest BCUT2D eigenvalue weighted by Crippen LogP contribution is 2.21. The molecular formula is C15H16N4O5. The molecule has 0 bridgehead atoms. The largest absolute Gasteiger partial charge is 0.481 e. The molecule has 0 fully saturated rings. The van der Waals surface area contributed by atoms with E-state index in [0.29, 0.717) is 16.8 Å². The van der Waals surface area contributed by atoms with Crippen LogP contribution in [0.1, 0.15) is 18.2 Å². The topological polar surface area (TPSA) is 147 Å². The number of carbonyl (C=O) groups excluding carboxylic acids is 1. The van der Waals surface area contributed by atoms with Crippen molar-refractivity contribution in [2.24, 2.45) is 5.73 Å². The van der Waals surface area contributed by atoms with Crippen LogP contribution in [0.25, 0.3) is 11.1 Å². The third kappa shape index (κ3) is 4.17. The Morgan fingerprint density at radius 1 is 1.38 bits per heavy atom. The zero-order valence-electron chi connectivity index (χ0n) is 12.8. The predicted molar refractivity (Wildman–Crippen MR) is 85.5 cm³/mol. The van der Waals surface area contributed by atoms with Gasteiger partial charge in [-0.25, -0.2) is 9.89 Å². The molecule has 1 aromatic heterocycles. The van der Waals surface area contributed by atoms with Crippen LogP contribution >= 0.6 is 0 Å². The number of anilines is 1. The van der Waals surface area contributed by atoms with Gasteiger partial charge in [0.15, 0.2) is 0 Å². The minimum Gasteiger partial charge on any atom is -0.481 e. The standard InChI is InChI=1S/C15H16N4O5/c1-24-15(23)17-9-4-2-8(3-5-9)10-6-12(18-19-14(10)22)11(16)7-13(20)21/h2-6,11H,7,16H2,1H3,(H,17,23)(H,19,22)(H,20,21)/t11-/m0/s1. The van der Waals surface area contributed by atoms with E-state index >= 15 is 0 Å². The summed E-state index contributed by atoms with van der Waals surface area (Å²) in [6.07, 6.45) is -0.910. The van der Waals surface area contributed by atoms with Crippen LogP contribution in [0.4, 0.5) is 10.5 Å². The van der Waals surface area contributed by atoms with Crippen molar-refractivity contribution in [3.63, 3.8) is 0 Å². The highest BCUT2D eigenvalue weighted by Gasteiger charge is 2.15. The molecule has 1 atom stereocenters. The number of benzene rings is 1. The highest BCUT2D eigenvalue weighted by molar-refractivity contribution is 5.85. The lowest BCUT2D eigenvalue weighted by Crippen LogP contribution is -2.20. The van der Waals surface area contributed by atoms with Crippen molar-refractivity contribution in [2.75, 3.05) is 12.4 Å². The molecule has 1 aromatic carbocycles. The number of carboxylic acid groups (broad SMARTS) is 1. The van der Waals surface area contributed by atoms with Crippen LogP contribution < -0.4 is 16.6 Å². The first-order valence-corrected chi connectivity index (χ1v) is 6.93. The van der Waals surface area contributed by atoms with Crippen molar-refractivity contribution >= 4 is 17.7 Å². The minimum atomic E-state index is -1.06. The number of amides is 1. The summed E-state index contributed by atoms with van der Waals surface area (Å²) in [7, 11) is 1.25. The predicted octanol–water partition coefficient (Wildman–Crippen LogP) is 1.09. The number of carboxylic acids is 1. The maximum atomic E-state index is 12.0. The van der Waals surface area contributed by atoms with Crippen molar-refractivity contribution in [2.45, 2.75) is 12.5 Å². The SMILES string of the molecule is COC(=O)Nc1ccc(-c2cc([C@@H](N)CC(=O)O)n[nH]c2=O)cc1. The van der Waals surface area contributed by atoms with Gasteiger partial charge < -0.3 is 15.6 Å². The third-order valence-corrected chi connectivity index (χ3v) is 3.23. The van der Waals surface area contributed by atoms with Crippen molar-refractivity contribution in [1.29, 1.82) is 0 Å². The number of ether oxygens (including phenoxy) is 1. The molecule has 0 aliphatic rings. The summed E-state index contributed by atoms with van der Waals surface area (Å²) in [5.41, 5.74) is 6.96.